The first kappa shape index (κ1) is 27.0. The van der Waals surface area contributed by atoms with Crippen LogP contribution in [0.4, 0.5) is 16.3 Å². The Balaban J connectivity index is 1.78. The van der Waals surface area contributed by atoms with Crippen LogP contribution in [0.2, 0.25) is 0 Å². The molecule has 7 heteroatoms. The highest BCUT2D eigenvalue weighted by atomic mass is 16.2. The zero-order valence-electron chi connectivity index (χ0n) is 22.4. The fraction of sp³-hybridized carbons (Fsp3) is 0.414. The number of unbranched alkanes of at least 4 members (excludes halogenated alkanes) is 1. The molecule has 2 aromatic carbocycles. The first-order chi connectivity index (χ1) is 17.1. The van der Waals surface area contributed by atoms with Gasteiger partial charge in [-0.1, -0.05) is 70.9 Å². The lowest BCUT2D eigenvalue weighted by Gasteiger charge is -2.22. The molecular weight excluding hydrogens is 450 g/mol. The summed E-state index contributed by atoms with van der Waals surface area (Å²) in [4.78, 5) is 27.7. The lowest BCUT2D eigenvalue weighted by atomic mass is 9.92. The highest BCUT2D eigenvalue weighted by Crippen LogP contribution is 2.26. The van der Waals surface area contributed by atoms with Crippen LogP contribution in [0.5, 0.6) is 0 Å². The second-order valence-corrected chi connectivity index (χ2v) is 10.2. The number of nitrogens with one attached hydrogen (secondary N) is 2. The molecule has 0 aliphatic heterocycles. The van der Waals surface area contributed by atoms with E-state index in [0.29, 0.717) is 18.1 Å². The van der Waals surface area contributed by atoms with E-state index in [1.807, 2.05) is 61.5 Å². The van der Waals surface area contributed by atoms with Gasteiger partial charge in [-0.05, 0) is 49.6 Å². The van der Waals surface area contributed by atoms with Crippen molar-refractivity contribution in [2.45, 2.75) is 66.2 Å². The standard InChI is InChI=1S/C29H39N5O2/c1-7-9-18-33(28(36)30-23-14-12-22(8-2)13-15-23)20-27(35)31-26-19-25(29(4,5)6)32-34(26)24-16-10-21(3)11-17-24/h10-17,19H,7-9,18,20H2,1-6H3,(H,30,36)(H,31,35). The molecule has 0 aliphatic rings. The minimum absolute atomic E-state index is 0.0528. The summed E-state index contributed by atoms with van der Waals surface area (Å²) in [5, 5.41) is 10.7. The summed E-state index contributed by atoms with van der Waals surface area (Å²) >= 11 is 0. The lowest BCUT2D eigenvalue weighted by Crippen LogP contribution is -2.41. The van der Waals surface area contributed by atoms with E-state index in [4.69, 9.17) is 5.10 Å². The van der Waals surface area contributed by atoms with E-state index in [1.54, 1.807) is 9.58 Å². The van der Waals surface area contributed by atoms with E-state index in [2.05, 4.69) is 45.3 Å². The normalized spacial score (nSPS) is 11.3. The van der Waals surface area contributed by atoms with Gasteiger partial charge in [0.05, 0.1) is 11.4 Å². The van der Waals surface area contributed by atoms with Gasteiger partial charge in [0.2, 0.25) is 5.91 Å². The van der Waals surface area contributed by atoms with Crippen molar-refractivity contribution in [3.63, 3.8) is 0 Å². The largest absolute Gasteiger partial charge is 0.322 e. The molecule has 0 aliphatic carbocycles. The van der Waals surface area contributed by atoms with Gasteiger partial charge in [0.1, 0.15) is 12.4 Å². The summed E-state index contributed by atoms with van der Waals surface area (Å²) in [5.74, 6) is 0.316. The Morgan fingerprint density at radius 3 is 2.22 bits per heavy atom. The maximum Gasteiger partial charge on any atom is 0.322 e. The van der Waals surface area contributed by atoms with Crippen molar-refractivity contribution in [2.75, 3.05) is 23.7 Å². The number of nitrogens with zero attached hydrogens (tertiary/aromatic N) is 3. The fourth-order valence-corrected chi connectivity index (χ4v) is 3.70. The van der Waals surface area contributed by atoms with Crippen LogP contribution in [-0.4, -0.2) is 39.7 Å². The molecule has 0 bridgehead atoms. The van der Waals surface area contributed by atoms with Gasteiger partial charge < -0.3 is 15.5 Å². The van der Waals surface area contributed by atoms with E-state index in [9.17, 15) is 9.59 Å². The van der Waals surface area contributed by atoms with E-state index in [0.717, 1.165) is 36.2 Å². The molecule has 7 nitrogen and oxygen atoms in total. The van der Waals surface area contributed by atoms with Crippen molar-refractivity contribution in [2.24, 2.45) is 0 Å². The van der Waals surface area contributed by atoms with Crippen molar-refractivity contribution < 1.29 is 9.59 Å². The molecule has 0 atom stereocenters. The average Bonchev–Trinajstić information content (AvgIpc) is 3.27. The zero-order valence-corrected chi connectivity index (χ0v) is 22.4. The lowest BCUT2D eigenvalue weighted by molar-refractivity contribution is -0.116. The maximum absolute atomic E-state index is 13.1. The SMILES string of the molecule is CCCCN(CC(=O)Nc1cc(C(C)(C)C)nn1-c1ccc(C)cc1)C(=O)Nc1ccc(CC)cc1. The number of hydrogen-bond donors (Lipinski definition) is 2. The molecule has 192 valence electrons. The molecule has 2 N–H and O–H groups in total. The van der Waals surface area contributed by atoms with Crippen LogP contribution in [0.3, 0.4) is 0 Å². The summed E-state index contributed by atoms with van der Waals surface area (Å²) in [6, 6.07) is 17.4. The van der Waals surface area contributed by atoms with Crippen LogP contribution >= 0.6 is 0 Å². The molecule has 1 heterocycles. The quantitative estimate of drug-likeness (QED) is 0.369. The molecule has 3 rings (SSSR count). The van der Waals surface area contributed by atoms with E-state index < -0.39 is 0 Å². The number of aromatic nitrogens is 2. The van der Waals surface area contributed by atoms with Crippen molar-refractivity contribution in [1.29, 1.82) is 0 Å². The smallest absolute Gasteiger partial charge is 0.315 e. The number of urea groups is 1. The number of anilines is 2. The predicted octanol–water partition coefficient (Wildman–Crippen LogP) is 6.31. The van der Waals surface area contributed by atoms with Gasteiger partial charge in [-0.2, -0.15) is 5.10 Å². The Morgan fingerprint density at radius 2 is 1.64 bits per heavy atom. The van der Waals surface area contributed by atoms with Crippen LogP contribution in [0.1, 0.15) is 64.3 Å². The summed E-state index contributed by atoms with van der Waals surface area (Å²) < 4.78 is 1.75. The molecule has 3 amide bonds. The molecule has 0 saturated carbocycles. The van der Waals surface area contributed by atoms with Gasteiger partial charge in [0.15, 0.2) is 0 Å². The monoisotopic (exact) mass is 489 g/mol. The second-order valence-electron chi connectivity index (χ2n) is 10.2. The third-order valence-corrected chi connectivity index (χ3v) is 6.04. The van der Waals surface area contributed by atoms with Crippen molar-refractivity contribution in [3.05, 3.63) is 71.4 Å². The van der Waals surface area contributed by atoms with Gasteiger partial charge in [-0.25, -0.2) is 9.48 Å². The predicted molar refractivity (Wildman–Crippen MR) is 147 cm³/mol. The molecule has 0 radical (unpaired) electrons. The summed E-state index contributed by atoms with van der Waals surface area (Å²) in [5.41, 5.74) is 4.61. The number of aryl methyl sites for hydroxylation is 2. The van der Waals surface area contributed by atoms with E-state index in [-0.39, 0.29) is 23.9 Å². The van der Waals surface area contributed by atoms with Gasteiger partial charge >= 0.3 is 6.03 Å². The summed E-state index contributed by atoms with van der Waals surface area (Å²) in [6.45, 7) is 12.9. The van der Waals surface area contributed by atoms with Crippen LogP contribution in [0, 0.1) is 6.92 Å². The Labute approximate surface area is 214 Å². The minimum Gasteiger partial charge on any atom is -0.315 e. The Bertz CT molecular complexity index is 1160. The molecule has 1 aromatic heterocycles. The first-order valence-corrected chi connectivity index (χ1v) is 12.7. The third kappa shape index (κ3) is 7.20. The number of benzene rings is 2. The Morgan fingerprint density at radius 1 is 0.972 bits per heavy atom. The van der Waals surface area contributed by atoms with Crippen LogP contribution in [0.15, 0.2) is 54.6 Å². The molecule has 36 heavy (non-hydrogen) atoms. The molecule has 0 fully saturated rings. The number of carbonyl (C=O) groups is 2. The number of amides is 3. The minimum atomic E-state index is -0.287. The molecule has 0 spiro atoms. The average molecular weight is 490 g/mol. The van der Waals surface area contributed by atoms with Gasteiger partial charge in [0, 0.05) is 23.7 Å². The van der Waals surface area contributed by atoms with Gasteiger partial charge in [-0.3, -0.25) is 4.79 Å². The third-order valence-electron chi connectivity index (χ3n) is 6.04. The second kappa shape index (κ2) is 11.9. The highest BCUT2D eigenvalue weighted by Gasteiger charge is 2.23. The van der Waals surface area contributed by atoms with Gasteiger partial charge in [0.25, 0.3) is 0 Å². The number of rotatable bonds is 9. The number of carbonyl (C=O) groups excluding carboxylic acids is 2. The molecule has 0 unspecified atom stereocenters. The summed E-state index contributed by atoms with van der Waals surface area (Å²) in [7, 11) is 0. The molecular formula is C29H39N5O2. The summed E-state index contributed by atoms with van der Waals surface area (Å²) in [6.07, 6.45) is 2.67. The van der Waals surface area contributed by atoms with Crippen molar-refractivity contribution in [3.8, 4) is 5.69 Å². The van der Waals surface area contributed by atoms with Gasteiger partial charge in [-0.15, -0.1) is 0 Å². The first-order valence-electron chi connectivity index (χ1n) is 12.7. The van der Waals surface area contributed by atoms with Crippen molar-refractivity contribution in [1.82, 2.24) is 14.7 Å². The zero-order chi connectivity index (χ0) is 26.3. The Hall–Kier alpha value is -3.61. The molecule has 0 saturated heterocycles. The van der Waals surface area contributed by atoms with Crippen LogP contribution in [-0.2, 0) is 16.6 Å². The molecule has 3 aromatic rings. The van der Waals surface area contributed by atoms with Crippen molar-refractivity contribution >= 4 is 23.4 Å². The fourth-order valence-electron chi connectivity index (χ4n) is 3.70. The highest BCUT2D eigenvalue weighted by molar-refractivity contribution is 5.96. The van der Waals surface area contributed by atoms with E-state index in [1.165, 1.54) is 5.56 Å². The Kier molecular flexibility index (Phi) is 8.91. The van der Waals surface area contributed by atoms with E-state index >= 15 is 0 Å². The maximum atomic E-state index is 13.1. The van der Waals surface area contributed by atoms with Crippen LogP contribution < -0.4 is 10.6 Å². The number of hydrogen-bond acceptors (Lipinski definition) is 3. The topological polar surface area (TPSA) is 79.3 Å². The van der Waals surface area contributed by atoms with Crippen LogP contribution in [0.25, 0.3) is 5.69 Å².